The van der Waals surface area contributed by atoms with E-state index in [1.54, 1.807) is 53.6 Å². The van der Waals surface area contributed by atoms with Crippen LogP contribution in [0.5, 0.6) is 0 Å². The SMILES string of the molecule is O=S(=O)(NCc1ccnc(N2CCCC2)n1)c1ccc(-n2cccn2)cc1. The molecule has 27 heavy (non-hydrogen) atoms. The Morgan fingerprint density at radius 2 is 1.81 bits per heavy atom. The zero-order valence-corrected chi connectivity index (χ0v) is 15.5. The second kappa shape index (κ2) is 7.45. The first-order chi connectivity index (χ1) is 13.1. The fourth-order valence-electron chi connectivity index (χ4n) is 3.00. The summed E-state index contributed by atoms with van der Waals surface area (Å²) in [6.07, 6.45) is 7.41. The first-order valence-corrected chi connectivity index (χ1v) is 10.3. The van der Waals surface area contributed by atoms with Gasteiger partial charge in [0.15, 0.2) is 0 Å². The summed E-state index contributed by atoms with van der Waals surface area (Å²) in [4.78, 5) is 11.1. The molecule has 1 fully saturated rings. The molecule has 1 aliphatic rings. The Morgan fingerprint density at radius 3 is 2.52 bits per heavy atom. The standard InChI is InChI=1S/C18H20N6O2S/c25-27(26,17-6-4-16(5-7-17)24-13-3-9-20-24)21-14-15-8-10-19-18(22-15)23-11-1-2-12-23/h3-10,13,21H,1-2,11-12,14H2. The summed E-state index contributed by atoms with van der Waals surface area (Å²) in [7, 11) is -3.63. The summed E-state index contributed by atoms with van der Waals surface area (Å²) in [5.41, 5.74) is 1.44. The molecule has 140 valence electrons. The van der Waals surface area contributed by atoms with E-state index in [1.165, 1.54) is 0 Å². The highest BCUT2D eigenvalue weighted by molar-refractivity contribution is 7.89. The summed E-state index contributed by atoms with van der Waals surface area (Å²) in [5.74, 6) is 0.660. The van der Waals surface area contributed by atoms with Crippen LogP contribution in [0.15, 0.2) is 59.9 Å². The van der Waals surface area contributed by atoms with Crippen molar-refractivity contribution in [1.82, 2.24) is 24.5 Å². The second-order valence-electron chi connectivity index (χ2n) is 6.31. The molecule has 1 N–H and O–H groups in total. The molecule has 3 heterocycles. The van der Waals surface area contributed by atoms with Crippen LogP contribution in [0.4, 0.5) is 5.95 Å². The van der Waals surface area contributed by atoms with Crippen LogP contribution >= 0.6 is 0 Å². The monoisotopic (exact) mass is 384 g/mol. The average Bonchev–Trinajstić information content (AvgIpc) is 3.41. The van der Waals surface area contributed by atoms with Crippen molar-refractivity contribution in [3.63, 3.8) is 0 Å². The third kappa shape index (κ3) is 3.99. The second-order valence-corrected chi connectivity index (χ2v) is 8.08. The van der Waals surface area contributed by atoms with Gasteiger partial charge in [-0.05, 0) is 49.2 Å². The number of hydrogen-bond acceptors (Lipinski definition) is 6. The van der Waals surface area contributed by atoms with Crippen LogP contribution in [0.25, 0.3) is 5.69 Å². The summed E-state index contributed by atoms with van der Waals surface area (Å²) < 4.78 is 29.4. The molecular weight excluding hydrogens is 364 g/mol. The number of nitrogens with zero attached hydrogens (tertiary/aromatic N) is 5. The van der Waals surface area contributed by atoms with Crippen molar-refractivity contribution in [3.8, 4) is 5.69 Å². The molecule has 0 atom stereocenters. The van der Waals surface area contributed by atoms with Crippen molar-refractivity contribution < 1.29 is 8.42 Å². The minimum absolute atomic E-state index is 0.118. The Morgan fingerprint density at radius 1 is 1.04 bits per heavy atom. The Hall–Kier alpha value is -2.78. The fraction of sp³-hybridized carbons (Fsp3) is 0.278. The molecule has 0 bridgehead atoms. The van der Waals surface area contributed by atoms with Crippen LogP contribution in [0.2, 0.25) is 0 Å². The quantitative estimate of drug-likeness (QED) is 0.696. The van der Waals surface area contributed by atoms with Gasteiger partial charge in [-0.2, -0.15) is 5.10 Å². The normalized spacial score (nSPS) is 14.6. The van der Waals surface area contributed by atoms with E-state index in [-0.39, 0.29) is 11.4 Å². The lowest BCUT2D eigenvalue weighted by molar-refractivity contribution is 0.580. The predicted octanol–water partition coefficient (Wildman–Crippen LogP) is 1.74. The van der Waals surface area contributed by atoms with E-state index in [1.807, 2.05) is 6.07 Å². The lowest BCUT2D eigenvalue weighted by atomic mass is 10.3. The largest absolute Gasteiger partial charge is 0.341 e. The highest BCUT2D eigenvalue weighted by Crippen LogP contribution is 2.16. The fourth-order valence-corrected chi connectivity index (χ4v) is 4.00. The van der Waals surface area contributed by atoms with Crippen LogP contribution in [0.1, 0.15) is 18.5 Å². The third-order valence-electron chi connectivity index (χ3n) is 4.45. The van der Waals surface area contributed by atoms with Gasteiger partial charge in [0.2, 0.25) is 16.0 Å². The Labute approximate surface area is 157 Å². The molecule has 2 aromatic heterocycles. The van der Waals surface area contributed by atoms with Gasteiger partial charge in [0, 0.05) is 31.7 Å². The lowest BCUT2D eigenvalue weighted by Gasteiger charge is -2.15. The molecular formula is C18H20N6O2S. The van der Waals surface area contributed by atoms with E-state index in [4.69, 9.17) is 0 Å². The van der Waals surface area contributed by atoms with Crippen LogP contribution in [0.3, 0.4) is 0 Å². The molecule has 4 rings (SSSR count). The Bertz CT molecular complexity index is 997. The Kier molecular flexibility index (Phi) is 4.87. The van der Waals surface area contributed by atoms with Crippen molar-refractivity contribution in [1.29, 1.82) is 0 Å². The van der Waals surface area contributed by atoms with Crippen LogP contribution in [-0.4, -0.2) is 41.3 Å². The molecule has 0 spiro atoms. The van der Waals surface area contributed by atoms with Gasteiger partial charge in [0.05, 0.1) is 22.8 Å². The van der Waals surface area contributed by atoms with E-state index >= 15 is 0 Å². The molecule has 0 unspecified atom stereocenters. The molecule has 0 saturated carbocycles. The maximum atomic E-state index is 12.6. The summed E-state index contributed by atoms with van der Waals surface area (Å²) in [5, 5.41) is 4.13. The zero-order valence-electron chi connectivity index (χ0n) is 14.7. The van der Waals surface area contributed by atoms with Crippen LogP contribution in [-0.2, 0) is 16.6 Å². The number of benzene rings is 1. The molecule has 0 radical (unpaired) electrons. The van der Waals surface area contributed by atoms with E-state index in [9.17, 15) is 8.42 Å². The van der Waals surface area contributed by atoms with Crippen molar-refractivity contribution >= 4 is 16.0 Å². The molecule has 8 nitrogen and oxygen atoms in total. The van der Waals surface area contributed by atoms with E-state index in [2.05, 4.69) is 24.7 Å². The topological polar surface area (TPSA) is 93.0 Å². The van der Waals surface area contributed by atoms with Crippen molar-refractivity contribution in [3.05, 3.63) is 60.7 Å². The van der Waals surface area contributed by atoms with Gasteiger partial charge < -0.3 is 4.90 Å². The number of anilines is 1. The number of aromatic nitrogens is 4. The van der Waals surface area contributed by atoms with E-state index in [0.717, 1.165) is 31.6 Å². The first-order valence-electron chi connectivity index (χ1n) is 8.78. The highest BCUT2D eigenvalue weighted by atomic mass is 32.2. The van der Waals surface area contributed by atoms with Gasteiger partial charge in [-0.25, -0.2) is 27.8 Å². The van der Waals surface area contributed by atoms with Gasteiger partial charge >= 0.3 is 0 Å². The summed E-state index contributed by atoms with van der Waals surface area (Å²) >= 11 is 0. The van der Waals surface area contributed by atoms with Gasteiger partial charge in [-0.1, -0.05) is 0 Å². The first kappa shape index (κ1) is 17.6. The summed E-state index contributed by atoms with van der Waals surface area (Å²) in [6.45, 7) is 2.00. The number of rotatable bonds is 6. The van der Waals surface area contributed by atoms with E-state index in [0.29, 0.717) is 11.6 Å². The molecule has 1 aliphatic heterocycles. The van der Waals surface area contributed by atoms with Gasteiger partial charge in [-0.3, -0.25) is 0 Å². The van der Waals surface area contributed by atoms with Crippen molar-refractivity contribution in [2.45, 2.75) is 24.3 Å². The van der Waals surface area contributed by atoms with Crippen LogP contribution < -0.4 is 9.62 Å². The zero-order chi connectivity index (χ0) is 18.7. The van der Waals surface area contributed by atoms with Gasteiger partial charge in [-0.15, -0.1) is 0 Å². The minimum atomic E-state index is -3.63. The molecule has 1 aromatic carbocycles. The third-order valence-corrected chi connectivity index (χ3v) is 5.87. The number of sulfonamides is 1. The minimum Gasteiger partial charge on any atom is -0.341 e. The molecule has 0 amide bonds. The molecule has 3 aromatic rings. The van der Waals surface area contributed by atoms with Crippen LogP contribution in [0, 0.1) is 0 Å². The summed E-state index contributed by atoms with van der Waals surface area (Å²) in [6, 6.07) is 10.1. The lowest BCUT2D eigenvalue weighted by Crippen LogP contribution is -2.25. The van der Waals surface area contributed by atoms with Gasteiger partial charge in [0.1, 0.15) is 0 Å². The maximum absolute atomic E-state index is 12.6. The average molecular weight is 384 g/mol. The molecule has 1 saturated heterocycles. The maximum Gasteiger partial charge on any atom is 0.240 e. The number of hydrogen-bond donors (Lipinski definition) is 1. The van der Waals surface area contributed by atoms with Crippen molar-refractivity contribution in [2.24, 2.45) is 0 Å². The number of nitrogens with one attached hydrogen (secondary N) is 1. The predicted molar refractivity (Wildman–Crippen MR) is 101 cm³/mol. The molecule has 0 aliphatic carbocycles. The molecule has 9 heteroatoms. The van der Waals surface area contributed by atoms with Gasteiger partial charge in [0.25, 0.3) is 0 Å². The highest BCUT2D eigenvalue weighted by Gasteiger charge is 2.17. The van der Waals surface area contributed by atoms with Crippen molar-refractivity contribution in [2.75, 3.05) is 18.0 Å². The van der Waals surface area contributed by atoms with E-state index < -0.39 is 10.0 Å². The Balaban J connectivity index is 1.45. The smallest absolute Gasteiger partial charge is 0.240 e.